The van der Waals surface area contributed by atoms with Crippen LogP contribution in [-0.2, 0) is 11.0 Å². The number of hydrogen-bond acceptors (Lipinski definition) is 5. The first-order chi connectivity index (χ1) is 23.0. The van der Waals surface area contributed by atoms with E-state index >= 15 is 0 Å². The molecule has 0 aliphatic carbocycles. The van der Waals surface area contributed by atoms with Gasteiger partial charge in [-0.3, -0.25) is 14.3 Å². The first-order valence-corrected chi connectivity index (χ1v) is 15.6. The quantitative estimate of drug-likeness (QED) is 0.132. The Balaban J connectivity index is 1.64. The number of nitrogens with zero attached hydrogens (tertiary/aromatic N) is 2. The van der Waals surface area contributed by atoms with Crippen molar-refractivity contribution in [2.45, 2.75) is 44.8 Å². The summed E-state index contributed by atoms with van der Waals surface area (Å²) in [4.78, 5) is 23.5. The van der Waals surface area contributed by atoms with Crippen molar-refractivity contribution in [1.82, 2.24) is 15.1 Å². The number of benzene rings is 4. The summed E-state index contributed by atoms with van der Waals surface area (Å²) in [5.41, 5.74) is 2.45. The number of halogens is 3. The molecule has 1 aromatic heterocycles. The monoisotopic (exact) mass is 659 g/mol. The average molecular weight is 660 g/mol. The van der Waals surface area contributed by atoms with E-state index in [9.17, 15) is 22.8 Å². The van der Waals surface area contributed by atoms with Crippen LogP contribution in [0.2, 0.25) is 0 Å². The van der Waals surface area contributed by atoms with E-state index < -0.39 is 17.7 Å². The molecule has 1 atom stereocenters. The summed E-state index contributed by atoms with van der Waals surface area (Å²) in [7, 11) is 3.01. The van der Waals surface area contributed by atoms with Crippen LogP contribution in [0.4, 0.5) is 13.2 Å². The van der Waals surface area contributed by atoms with E-state index in [4.69, 9.17) is 19.7 Å². The highest BCUT2D eigenvalue weighted by molar-refractivity contribution is 5.94. The molecule has 1 amide bonds. The number of aliphatic carboxylic acids is 1. The van der Waals surface area contributed by atoms with Gasteiger partial charge in [0.25, 0.3) is 5.91 Å². The van der Waals surface area contributed by atoms with Gasteiger partial charge >= 0.3 is 12.1 Å². The maximum Gasteiger partial charge on any atom is 0.416 e. The summed E-state index contributed by atoms with van der Waals surface area (Å²) in [6, 6.07) is 23.5. The van der Waals surface area contributed by atoms with Crippen molar-refractivity contribution in [3.63, 3.8) is 0 Å². The molecule has 0 fully saturated rings. The second kappa shape index (κ2) is 14.6. The van der Waals surface area contributed by atoms with Crippen molar-refractivity contribution >= 4 is 22.6 Å². The Kier molecular flexibility index (Phi) is 10.4. The zero-order chi connectivity index (χ0) is 34.4. The predicted molar refractivity (Wildman–Crippen MR) is 177 cm³/mol. The number of carboxylic acids is 1. The van der Waals surface area contributed by atoms with Crippen molar-refractivity contribution in [2.75, 3.05) is 20.8 Å². The van der Waals surface area contributed by atoms with Gasteiger partial charge in [-0.2, -0.15) is 18.3 Å². The number of hydrogen-bond donors (Lipinski definition) is 2. The lowest BCUT2D eigenvalue weighted by molar-refractivity contribution is -0.138. The lowest BCUT2D eigenvalue weighted by Crippen LogP contribution is -2.26. The maximum absolute atomic E-state index is 13.8. The normalized spacial score (nSPS) is 12.1. The number of alkyl halides is 3. The molecule has 0 aliphatic rings. The van der Waals surface area contributed by atoms with Crippen molar-refractivity contribution < 1.29 is 37.3 Å². The second-order valence-electron chi connectivity index (χ2n) is 11.4. The first kappa shape index (κ1) is 34.0. The fourth-order valence-corrected chi connectivity index (χ4v) is 5.64. The van der Waals surface area contributed by atoms with Crippen molar-refractivity contribution in [3.8, 4) is 34.0 Å². The van der Waals surface area contributed by atoms with Gasteiger partial charge < -0.3 is 19.9 Å². The molecule has 5 aromatic rings. The van der Waals surface area contributed by atoms with Crippen molar-refractivity contribution in [3.05, 3.63) is 102 Å². The predicted octanol–water partition coefficient (Wildman–Crippen LogP) is 8.39. The standard InChI is InChI=1S/C37H36F3N3O5/c1-4-5-6-32(23-7-9-24(10-8-23)36(46)41-18-17-35(44)45)43-33(27-12-11-26-20-29(47-2)15-13-25(26)19-27)22-31(42-43)30-21-28(37(38,39)40)14-16-34(30)48-3/h7-16,19-22,32H,4-6,17-18H2,1-3H3,(H,41,46)(H,44,45)/t32-/m0/s1. The van der Waals surface area contributed by atoms with Gasteiger partial charge in [0.1, 0.15) is 11.5 Å². The second-order valence-corrected chi connectivity index (χ2v) is 11.4. The van der Waals surface area contributed by atoms with E-state index in [1.165, 1.54) is 13.2 Å². The van der Waals surface area contributed by atoms with Crippen LogP contribution in [0.5, 0.6) is 11.5 Å². The van der Waals surface area contributed by atoms with Crippen LogP contribution in [0.3, 0.4) is 0 Å². The molecule has 0 spiro atoms. The largest absolute Gasteiger partial charge is 0.497 e. The Morgan fingerprint density at radius 3 is 2.31 bits per heavy atom. The van der Waals surface area contributed by atoms with E-state index in [2.05, 4.69) is 12.2 Å². The number of fused-ring (bicyclic) bond motifs is 1. The highest BCUT2D eigenvalue weighted by Crippen LogP contribution is 2.40. The molecule has 0 radical (unpaired) electrons. The fraction of sp³-hybridized carbons (Fsp3) is 0.270. The average Bonchev–Trinajstić information content (AvgIpc) is 3.52. The van der Waals surface area contributed by atoms with Crippen LogP contribution >= 0.6 is 0 Å². The van der Waals surface area contributed by atoms with E-state index in [-0.39, 0.29) is 36.2 Å². The molecule has 11 heteroatoms. The minimum Gasteiger partial charge on any atom is -0.497 e. The summed E-state index contributed by atoms with van der Waals surface area (Å²) in [6.07, 6.45) is -2.35. The topological polar surface area (TPSA) is 103 Å². The summed E-state index contributed by atoms with van der Waals surface area (Å²) in [6.45, 7) is 2.08. The molecule has 0 bridgehead atoms. The molecule has 48 heavy (non-hydrogen) atoms. The highest BCUT2D eigenvalue weighted by Gasteiger charge is 2.32. The minimum absolute atomic E-state index is 0.00596. The Bertz CT molecular complexity index is 1920. The van der Waals surface area contributed by atoms with Crippen LogP contribution < -0.4 is 14.8 Å². The van der Waals surface area contributed by atoms with E-state index in [0.717, 1.165) is 52.6 Å². The molecule has 8 nitrogen and oxygen atoms in total. The molecule has 0 aliphatic heterocycles. The molecular formula is C37H36F3N3O5. The van der Waals surface area contributed by atoms with Crippen molar-refractivity contribution in [2.24, 2.45) is 0 Å². The van der Waals surface area contributed by atoms with Gasteiger partial charge in [-0.15, -0.1) is 0 Å². The third-order valence-electron chi connectivity index (χ3n) is 8.19. The molecular weight excluding hydrogens is 623 g/mol. The van der Waals surface area contributed by atoms with Crippen LogP contribution in [0.1, 0.15) is 60.1 Å². The molecule has 250 valence electrons. The van der Waals surface area contributed by atoms with Crippen molar-refractivity contribution in [1.29, 1.82) is 0 Å². The van der Waals surface area contributed by atoms with Gasteiger partial charge in [-0.1, -0.05) is 50.1 Å². The Morgan fingerprint density at radius 1 is 0.917 bits per heavy atom. The number of ether oxygens (including phenoxy) is 2. The lowest BCUT2D eigenvalue weighted by Gasteiger charge is -2.21. The van der Waals surface area contributed by atoms with Gasteiger partial charge in [-0.25, -0.2) is 0 Å². The smallest absolute Gasteiger partial charge is 0.416 e. The van der Waals surface area contributed by atoms with Gasteiger partial charge in [0.05, 0.1) is 43.6 Å². The number of amides is 1. The zero-order valence-corrected chi connectivity index (χ0v) is 26.8. The minimum atomic E-state index is -4.56. The van der Waals surface area contributed by atoms with Crippen LogP contribution in [0.15, 0.2) is 84.9 Å². The molecule has 4 aromatic carbocycles. The van der Waals surface area contributed by atoms with Crippen LogP contribution in [-0.4, -0.2) is 47.5 Å². The van der Waals surface area contributed by atoms with E-state index in [1.54, 1.807) is 25.3 Å². The molecule has 0 saturated heterocycles. The van der Waals surface area contributed by atoms with Gasteiger partial charge in [-0.05, 0) is 77.4 Å². The molecule has 5 rings (SSSR count). The zero-order valence-electron chi connectivity index (χ0n) is 26.8. The summed E-state index contributed by atoms with van der Waals surface area (Å²) in [5.74, 6) is -0.418. The van der Waals surface area contributed by atoms with Crippen LogP contribution in [0.25, 0.3) is 33.3 Å². The third-order valence-corrected chi connectivity index (χ3v) is 8.19. The third kappa shape index (κ3) is 7.62. The molecule has 0 unspecified atom stereocenters. The Labute approximate surface area is 276 Å². The SMILES string of the molecule is CCCC[C@@H](c1ccc(C(=O)NCCC(=O)O)cc1)n1nc(-c2cc(C(F)(F)F)ccc2OC)cc1-c1ccc2cc(OC)ccc2c1. The number of carboxylic acid groups (broad SMARTS) is 1. The summed E-state index contributed by atoms with van der Waals surface area (Å²) in [5, 5.41) is 18.4. The number of aromatic nitrogens is 2. The number of rotatable bonds is 13. The lowest BCUT2D eigenvalue weighted by atomic mass is 9.98. The summed E-state index contributed by atoms with van der Waals surface area (Å²) < 4.78 is 54.2. The number of carbonyl (C=O) groups excluding carboxylic acids is 1. The van der Waals surface area contributed by atoms with E-state index in [1.807, 2.05) is 53.2 Å². The number of unbranched alkanes of at least 4 members (excludes halogenated alkanes) is 1. The first-order valence-electron chi connectivity index (χ1n) is 15.6. The molecule has 2 N–H and O–H groups in total. The number of carbonyl (C=O) groups is 2. The number of nitrogens with one attached hydrogen (secondary N) is 1. The Hall–Kier alpha value is -5.32. The number of methoxy groups -OCH3 is 2. The summed E-state index contributed by atoms with van der Waals surface area (Å²) >= 11 is 0. The highest BCUT2D eigenvalue weighted by atomic mass is 19.4. The molecule has 0 saturated carbocycles. The van der Waals surface area contributed by atoms with E-state index in [0.29, 0.717) is 23.4 Å². The Morgan fingerprint density at radius 2 is 1.65 bits per heavy atom. The van der Waals surface area contributed by atoms with Gasteiger partial charge in [0, 0.05) is 23.2 Å². The fourth-order valence-electron chi connectivity index (χ4n) is 5.64. The van der Waals surface area contributed by atoms with Gasteiger partial charge in [0.2, 0.25) is 0 Å². The van der Waals surface area contributed by atoms with Gasteiger partial charge in [0.15, 0.2) is 0 Å². The maximum atomic E-state index is 13.8. The van der Waals surface area contributed by atoms with Crippen LogP contribution in [0, 0.1) is 0 Å². The molecule has 1 heterocycles.